The lowest BCUT2D eigenvalue weighted by Gasteiger charge is -2.21. The van der Waals surface area contributed by atoms with Gasteiger partial charge in [0.1, 0.15) is 0 Å². The van der Waals surface area contributed by atoms with E-state index in [1.165, 1.54) is 31.3 Å². The summed E-state index contributed by atoms with van der Waals surface area (Å²) in [4.78, 5) is 0. The van der Waals surface area contributed by atoms with Gasteiger partial charge in [0.15, 0.2) is 0 Å². The predicted molar refractivity (Wildman–Crippen MR) is 55.1 cm³/mol. The molecular weight excluding hydrogens is 144 g/mol. The van der Waals surface area contributed by atoms with Gasteiger partial charge in [0.25, 0.3) is 0 Å². The van der Waals surface area contributed by atoms with Crippen molar-refractivity contribution < 1.29 is 0 Å². The molecule has 1 rings (SSSR count). The van der Waals surface area contributed by atoms with Crippen LogP contribution in [0.25, 0.3) is 0 Å². The second-order valence-corrected chi connectivity index (χ2v) is 4.60. The van der Waals surface area contributed by atoms with E-state index in [0.29, 0.717) is 5.41 Å². The van der Waals surface area contributed by atoms with Crippen molar-refractivity contribution in [3.63, 3.8) is 0 Å². The van der Waals surface area contributed by atoms with E-state index in [1.807, 2.05) is 0 Å². The van der Waals surface area contributed by atoms with Crippen molar-refractivity contribution in [3.05, 3.63) is 23.8 Å². The molecule has 1 aliphatic rings. The van der Waals surface area contributed by atoms with Gasteiger partial charge in [-0.05, 0) is 36.7 Å². The van der Waals surface area contributed by atoms with Crippen LogP contribution in [0, 0.1) is 5.41 Å². The Morgan fingerprint density at radius 3 is 2.42 bits per heavy atom. The molecule has 12 heavy (non-hydrogen) atoms. The molecule has 0 amide bonds. The minimum absolute atomic E-state index is 0.327. The summed E-state index contributed by atoms with van der Waals surface area (Å²) in [6.07, 6.45) is 12.2. The second-order valence-electron chi connectivity index (χ2n) is 4.60. The Kier molecular flexibility index (Phi) is 3.13. The van der Waals surface area contributed by atoms with Gasteiger partial charge in [-0.25, -0.2) is 0 Å². The molecule has 0 aliphatic heterocycles. The van der Waals surface area contributed by atoms with Crippen molar-refractivity contribution >= 4 is 0 Å². The lowest BCUT2D eigenvalue weighted by molar-refractivity contribution is 0.512. The maximum Gasteiger partial charge on any atom is -0.0135 e. The lowest BCUT2D eigenvalue weighted by atomic mass is 9.84. The molecule has 0 atom stereocenters. The number of hydrogen-bond donors (Lipinski definition) is 0. The van der Waals surface area contributed by atoms with Crippen LogP contribution < -0.4 is 0 Å². The Hall–Kier alpha value is -0.520. The average molecular weight is 164 g/mol. The van der Waals surface area contributed by atoms with E-state index < -0.39 is 0 Å². The van der Waals surface area contributed by atoms with Crippen LogP contribution in [0.2, 0.25) is 0 Å². The SMILES string of the molecule is CC(C)(C)/C1=C/CCCCC=C1. The summed E-state index contributed by atoms with van der Waals surface area (Å²) in [6.45, 7) is 6.85. The molecule has 0 aromatic carbocycles. The highest BCUT2D eigenvalue weighted by Gasteiger charge is 2.14. The zero-order valence-corrected chi connectivity index (χ0v) is 8.56. The Morgan fingerprint density at radius 2 is 1.75 bits per heavy atom. The Bertz CT molecular complexity index is 189. The molecule has 0 heteroatoms. The van der Waals surface area contributed by atoms with Crippen LogP contribution in [0.5, 0.6) is 0 Å². The van der Waals surface area contributed by atoms with E-state index in [1.54, 1.807) is 0 Å². The van der Waals surface area contributed by atoms with Crippen LogP contribution in [0.3, 0.4) is 0 Å². The molecule has 0 fully saturated rings. The van der Waals surface area contributed by atoms with Gasteiger partial charge in [0.2, 0.25) is 0 Å². The van der Waals surface area contributed by atoms with E-state index >= 15 is 0 Å². The molecule has 0 radical (unpaired) electrons. The summed E-state index contributed by atoms with van der Waals surface area (Å²) < 4.78 is 0. The third kappa shape index (κ3) is 2.84. The third-order valence-electron chi connectivity index (χ3n) is 2.35. The molecule has 0 aromatic heterocycles. The van der Waals surface area contributed by atoms with Gasteiger partial charge in [-0.3, -0.25) is 0 Å². The maximum atomic E-state index is 2.40. The van der Waals surface area contributed by atoms with E-state index in [0.717, 1.165) is 0 Å². The van der Waals surface area contributed by atoms with Crippen LogP contribution in [0.4, 0.5) is 0 Å². The molecule has 0 spiro atoms. The predicted octanol–water partition coefficient (Wildman–Crippen LogP) is 4.09. The Balaban J connectivity index is 2.72. The third-order valence-corrected chi connectivity index (χ3v) is 2.35. The first kappa shape index (κ1) is 9.57. The fourth-order valence-corrected chi connectivity index (χ4v) is 1.50. The summed E-state index contributed by atoms with van der Waals surface area (Å²) in [5, 5.41) is 0. The minimum atomic E-state index is 0.327. The largest absolute Gasteiger partial charge is 0.0843 e. The van der Waals surface area contributed by atoms with E-state index in [-0.39, 0.29) is 0 Å². The molecule has 0 heterocycles. The second kappa shape index (κ2) is 3.93. The molecule has 0 saturated carbocycles. The van der Waals surface area contributed by atoms with Gasteiger partial charge in [-0.2, -0.15) is 0 Å². The van der Waals surface area contributed by atoms with E-state index in [4.69, 9.17) is 0 Å². The number of hydrogen-bond acceptors (Lipinski definition) is 0. The number of allylic oxidation sites excluding steroid dienone is 4. The standard InChI is InChI=1S/C12H20/c1-12(2,3)11-9-7-5-4-6-8-10-11/h7,9-10H,4-6,8H2,1-3H3/b9-7?,11-10+. The molecule has 0 nitrogen and oxygen atoms in total. The summed E-state index contributed by atoms with van der Waals surface area (Å²) in [5.74, 6) is 0. The average Bonchev–Trinajstić information content (AvgIpc) is 1.81. The summed E-state index contributed by atoms with van der Waals surface area (Å²) in [7, 11) is 0. The summed E-state index contributed by atoms with van der Waals surface area (Å²) in [5.41, 5.74) is 1.83. The fraction of sp³-hybridized carbons (Fsp3) is 0.667. The zero-order chi connectivity index (χ0) is 9.03. The highest BCUT2D eigenvalue weighted by atomic mass is 14.2. The van der Waals surface area contributed by atoms with Crippen molar-refractivity contribution in [2.45, 2.75) is 46.5 Å². The number of rotatable bonds is 0. The topological polar surface area (TPSA) is 0 Å². The minimum Gasteiger partial charge on any atom is -0.0843 e. The molecule has 0 aromatic rings. The Morgan fingerprint density at radius 1 is 1.08 bits per heavy atom. The van der Waals surface area contributed by atoms with E-state index in [2.05, 4.69) is 39.0 Å². The maximum absolute atomic E-state index is 2.40. The van der Waals surface area contributed by atoms with E-state index in [9.17, 15) is 0 Å². The van der Waals surface area contributed by atoms with Crippen LogP contribution >= 0.6 is 0 Å². The normalized spacial score (nSPS) is 24.1. The van der Waals surface area contributed by atoms with Crippen molar-refractivity contribution in [2.24, 2.45) is 5.41 Å². The van der Waals surface area contributed by atoms with Gasteiger partial charge in [-0.1, -0.05) is 39.0 Å². The van der Waals surface area contributed by atoms with Crippen molar-refractivity contribution in [3.8, 4) is 0 Å². The molecular formula is C12H20. The van der Waals surface area contributed by atoms with Crippen LogP contribution in [0.1, 0.15) is 46.5 Å². The zero-order valence-electron chi connectivity index (χ0n) is 8.56. The van der Waals surface area contributed by atoms with Gasteiger partial charge < -0.3 is 0 Å². The van der Waals surface area contributed by atoms with Gasteiger partial charge in [0, 0.05) is 0 Å². The molecule has 0 bridgehead atoms. The van der Waals surface area contributed by atoms with Gasteiger partial charge in [0.05, 0.1) is 0 Å². The lowest BCUT2D eigenvalue weighted by Crippen LogP contribution is -2.07. The summed E-state index contributed by atoms with van der Waals surface area (Å²) >= 11 is 0. The molecule has 0 saturated heterocycles. The van der Waals surface area contributed by atoms with Gasteiger partial charge in [-0.15, -0.1) is 0 Å². The highest BCUT2D eigenvalue weighted by Crippen LogP contribution is 2.28. The highest BCUT2D eigenvalue weighted by molar-refractivity contribution is 5.25. The monoisotopic (exact) mass is 164 g/mol. The first-order chi connectivity index (χ1) is 5.61. The van der Waals surface area contributed by atoms with Crippen LogP contribution in [-0.4, -0.2) is 0 Å². The fourth-order valence-electron chi connectivity index (χ4n) is 1.50. The Labute approximate surface area is 76.4 Å². The van der Waals surface area contributed by atoms with Crippen LogP contribution in [-0.2, 0) is 0 Å². The first-order valence-corrected chi connectivity index (χ1v) is 4.98. The molecule has 1 aliphatic carbocycles. The first-order valence-electron chi connectivity index (χ1n) is 4.98. The smallest absolute Gasteiger partial charge is 0.0135 e. The molecule has 0 N–H and O–H groups in total. The molecule has 68 valence electrons. The quantitative estimate of drug-likeness (QED) is 0.506. The summed E-state index contributed by atoms with van der Waals surface area (Å²) in [6, 6.07) is 0. The van der Waals surface area contributed by atoms with Crippen molar-refractivity contribution in [1.82, 2.24) is 0 Å². The molecule has 0 unspecified atom stereocenters. The van der Waals surface area contributed by atoms with Gasteiger partial charge >= 0.3 is 0 Å². The van der Waals surface area contributed by atoms with Crippen LogP contribution in [0.15, 0.2) is 23.8 Å². The van der Waals surface area contributed by atoms with Crippen molar-refractivity contribution in [1.29, 1.82) is 0 Å². The van der Waals surface area contributed by atoms with Crippen molar-refractivity contribution in [2.75, 3.05) is 0 Å².